The molecule has 3 atom stereocenters. The maximum atomic E-state index is 13.6. The number of aromatic nitrogens is 3. The first-order valence-corrected chi connectivity index (χ1v) is 13.5. The van der Waals surface area contributed by atoms with Crippen molar-refractivity contribution in [3.05, 3.63) is 84.4 Å². The Labute approximate surface area is 232 Å². The maximum absolute atomic E-state index is 13.6. The van der Waals surface area contributed by atoms with Gasteiger partial charge in [0.1, 0.15) is 11.6 Å². The number of nitrogens with two attached hydrogens (primary N) is 1. The Bertz CT molecular complexity index is 1500. The number of aromatic amines is 1. The van der Waals surface area contributed by atoms with E-state index >= 15 is 0 Å². The van der Waals surface area contributed by atoms with Gasteiger partial charge in [0.15, 0.2) is 12.1 Å². The van der Waals surface area contributed by atoms with E-state index in [-0.39, 0.29) is 18.3 Å². The number of H-pyrrole nitrogens is 1. The zero-order valence-electron chi connectivity index (χ0n) is 22.7. The lowest BCUT2D eigenvalue weighted by molar-refractivity contribution is -0.129. The van der Waals surface area contributed by atoms with Gasteiger partial charge >= 0.3 is 0 Å². The Morgan fingerprint density at radius 2 is 1.93 bits per heavy atom. The number of imidazole rings is 1. The first-order chi connectivity index (χ1) is 19.2. The van der Waals surface area contributed by atoms with Gasteiger partial charge in [0, 0.05) is 35.8 Å². The van der Waals surface area contributed by atoms with Gasteiger partial charge in [-0.25, -0.2) is 4.98 Å². The van der Waals surface area contributed by atoms with Crippen molar-refractivity contribution in [2.45, 2.75) is 56.3 Å². The predicted octanol–water partition coefficient (Wildman–Crippen LogP) is 2.46. The third kappa shape index (κ3) is 5.28. The van der Waals surface area contributed by atoms with E-state index in [0.717, 1.165) is 47.7 Å². The number of anilines is 1. The van der Waals surface area contributed by atoms with Crippen LogP contribution in [0.2, 0.25) is 0 Å². The standard InChI is InChI=1S/C30H35N7O3/c1-29(2,31)28(40)35-24(15-20-16-33-23-12-7-6-11-22(20)23)27(39)36-26-17-37(19-34-26)30(18-38,25-13-8-14-32-25)21-9-4-3-5-10-21/h3-7,9-12,16-19,24-25,32-33H,8,13-15,31H2,1-2H3,(H,35,40)(H,36,39)/t24-,25?,30?/m1/s1. The van der Waals surface area contributed by atoms with Gasteiger partial charge in [-0.2, -0.15) is 0 Å². The molecule has 0 bridgehead atoms. The zero-order chi connectivity index (χ0) is 28.3. The molecule has 0 radical (unpaired) electrons. The van der Waals surface area contributed by atoms with Crippen molar-refractivity contribution < 1.29 is 14.4 Å². The van der Waals surface area contributed by atoms with E-state index < -0.39 is 28.9 Å². The molecule has 10 nitrogen and oxygen atoms in total. The Balaban J connectivity index is 1.43. The van der Waals surface area contributed by atoms with E-state index in [1.807, 2.05) is 60.8 Å². The first kappa shape index (κ1) is 27.3. The van der Waals surface area contributed by atoms with Crippen LogP contribution in [0.5, 0.6) is 0 Å². The number of amides is 2. The van der Waals surface area contributed by atoms with Crippen LogP contribution in [-0.2, 0) is 26.3 Å². The third-order valence-electron chi connectivity index (χ3n) is 7.57. The van der Waals surface area contributed by atoms with Crippen LogP contribution in [-0.4, -0.2) is 56.8 Å². The molecule has 2 amide bonds. The Morgan fingerprint density at radius 1 is 1.18 bits per heavy atom. The molecule has 4 aromatic rings. The van der Waals surface area contributed by atoms with Crippen LogP contribution in [0.4, 0.5) is 5.82 Å². The van der Waals surface area contributed by atoms with Crippen LogP contribution < -0.4 is 21.7 Å². The van der Waals surface area contributed by atoms with Crippen LogP contribution in [0.3, 0.4) is 0 Å². The quantitative estimate of drug-likeness (QED) is 0.195. The van der Waals surface area contributed by atoms with Crippen molar-refractivity contribution >= 4 is 34.8 Å². The summed E-state index contributed by atoms with van der Waals surface area (Å²) in [5.41, 5.74) is 6.46. The predicted molar refractivity (Wildman–Crippen MR) is 154 cm³/mol. The Kier molecular flexibility index (Phi) is 7.55. The number of hydrogen-bond acceptors (Lipinski definition) is 6. The van der Waals surface area contributed by atoms with Gasteiger partial charge in [-0.3, -0.25) is 9.59 Å². The Hall–Kier alpha value is -4.28. The van der Waals surface area contributed by atoms with Crippen LogP contribution in [0.25, 0.3) is 10.9 Å². The molecule has 2 unspecified atom stereocenters. The number of nitrogens with zero attached hydrogens (tertiary/aromatic N) is 2. The molecule has 1 aliphatic rings. The second-order valence-corrected chi connectivity index (χ2v) is 10.9. The highest BCUT2D eigenvalue weighted by atomic mass is 16.2. The highest BCUT2D eigenvalue weighted by Crippen LogP contribution is 2.33. The average Bonchev–Trinajstić information content (AvgIpc) is 3.72. The normalized spacial score (nSPS) is 17.7. The summed E-state index contributed by atoms with van der Waals surface area (Å²) in [6, 6.07) is 16.3. The van der Waals surface area contributed by atoms with Crippen molar-refractivity contribution in [2.75, 3.05) is 11.9 Å². The van der Waals surface area contributed by atoms with E-state index in [1.54, 1.807) is 30.9 Å². The molecule has 6 N–H and O–H groups in total. The van der Waals surface area contributed by atoms with E-state index in [2.05, 4.69) is 25.9 Å². The van der Waals surface area contributed by atoms with Gasteiger partial charge in [0.25, 0.3) is 0 Å². The fourth-order valence-corrected chi connectivity index (χ4v) is 5.38. The van der Waals surface area contributed by atoms with Crippen LogP contribution in [0, 0.1) is 0 Å². The topological polar surface area (TPSA) is 147 Å². The molecule has 40 heavy (non-hydrogen) atoms. The molecule has 5 rings (SSSR count). The number of fused-ring (bicyclic) bond motifs is 1. The van der Waals surface area contributed by atoms with Gasteiger partial charge in [0.2, 0.25) is 11.8 Å². The third-order valence-corrected chi connectivity index (χ3v) is 7.57. The molecule has 1 fully saturated rings. The van der Waals surface area contributed by atoms with E-state index in [0.29, 0.717) is 0 Å². The van der Waals surface area contributed by atoms with E-state index in [1.165, 1.54) is 0 Å². The van der Waals surface area contributed by atoms with Gasteiger partial charge in [0.05, 0.1) is 11.9 Å². The molecule has 2 aromatic heterocycles. The minimum atomic E-state index is -1.17. The molecule has 208 valence electrons. The molecule has 2 aromatic carbocycles. The minimum Gasteiger partial charge on any atom is -0.361 e. The monoisotopic (exact) mass is 541 g/mol. The lowest BCUT2D eigenvalue weighted by Gasteiger charge is -2.36. The number of hydrogen-bond donors (Lipinski definition) is 5. The second kappa shape index (κ2) is 11.1. The summed E-state index contributed by atoms with van der Waals surface area (Å²) in [6.45, 7) is 3.99. The summed E-state index contributed by atoms with van der Waals surface area (Å²) >= 11 is 0. The summed E-state index contributed by atoms with van der Waals surface area (Å²) in [5, 5.41) is 10.1. The smallest absolute Gasteiger partial charge is 0.248 e. The number of rotatable bonds is 10. The van der Waals surface area contributed by atoms with Crippen molar-refractivity contribution in [1.82, 2.24) is 25.2 Å². The number of benzene rings is 2. The summed E-state index contributed by atoms with van der Waals surface area (Å²) < 4.78 is 1.75. The highest BCUT2D eigenvalue weighted by molar-refractivity contribution is 5.98. The molecular weight excluding hydrogens is 506 g/mol. The fourth-order valence-electron chi connectivity index (χ4n) is 5.38. The molecule has 10 heteroatoms. The number of aldehydes is 1. The molecule has 0 spiro atoms. The van der Waals surface area contributed by atoms with Crippen LogP contribution in [0.15, 0.2) is 73.3 Å². The molecular formula is C30H35N7O3. The largest absolute Gasteiger partial charge is 0.361 e. The highest BCUT2D eigenvalue weighted by Gasteiger charge is 2.43. The Morgan fingerprint density at radius 3 is 2.62 bits per heavy atom. The number of carbonyl (C=O) groups is 3. The van der Waals surface area contributed by atoms with Crippen molar-refractivity contribution in [2.24, 2.45) is 5.73 Å². The summed E-state index contributed by atoms with van der Waals surface area (Å²) in [6.07, 6.45) is 8.03. The lowest BCUT2D eigenvalue weighted by Crippen LogP contribution is -2.55. The summed E-state index contributed by atoms with van der Waals surface area (Å²) in [4.78, 5) is 46.8. The van der Waals surface area contributed by atoms with Crippen molar-refractivity contribution in [3.8, 4) is 0 Å². The van der Waals surface area contributed by atoms with E-state index in [9.17, 15) is 14.4 Å². The molecule has 1 aliphatic heterocycles. The van der Waals surface area contributed by atoms with Crippen LogP contribution >= 0.6 is 0 Å². The molecule has 3 heterocycles. The average molecular weight is 542 g/mol. The molecule has 0 aliphatic carbocycles. The second-order valence-electron chi connectivity index (χ2n) is 10.9. The summed E-state index contributed by atoms with van der Waals surface area (Å²) in [7, 11) is 0. The molecule has 1 saturated heterocycles. The SMILES string of the molecule is CC(C)(N)C(=O)N[C@H](Cc1c[nH]c2ccccc12)C(=O)Nc1cn(C(C=O)(c2ccccc2)C2CCCN2)cn1. The molecule has 0 saturated carbocycles. The van der Waals surface area contributed by atoms with Crippen LogP contribution in [0.1, 0.15) is 37.8 Å². The fraction of sp³-hybridized carbons (Fsp3) is 0.333. The van der Waals surface area contributed by atoms with Gasteiger partial charge < -0.3 is 36.0 Å². The van der Waals surface area contributed by atoms with E-state index in [4.69, 9.17) is 5.73 Å². The lowest BCUT2D eigenvalue weighted by atomic mass is 9.82. The first-order valence-electron chi connectivity index (χ1n) is 13.5. The van der Waals surface area contributed by atoms with Crippen molar-refractivity contribution in [3.63, 3.8) is 0 Å². The van der Waals surface area contributed by atoms with Gasteiger partial charge in [-0.05, 0) is 50.4 Å². The maximum Gasteiger partial charge on any atom is 0.248 e. The minimum absolute atomic E-state index is 0.133. The number of para-hydroxylation sites is 1. The van der Waals surface area contributed by atoms with Gasteiger partial charge in [-0.15, -0.1) is 0 Å². The summed E-state index contributed by atoms with van der Waals surface area (Å²) in [5.74, 6) is -0.617. The zero-order valence-corrected chi connectivity index (χ0v) is 22.7. The number of carbonyl (C=O) groups excluding carboxylic acids is 3. The number of nitrogens with one attached hydrogen (secondary N) is 4. The van der Waals surface area contributed by atoms with Crippen molar-refractivity contribution in [1.29, 1.82) is 0 Å². The van der Waals surface area contributed by atoms with Gasteiger partial charge in [-0.1, -0.05) is 48.5 Å².